The Labute approximate surface area is 130 Å². The summed E-state index contributed by atoms with van der Waals surface area (Å²) >= 11 is 6.13. The number of aliphatic hydroxyl groups is 1. The van der Waals surface area contributed by atoms with Gasteiger partial charge in [0.1, 0.15) is 17.5 Å². The highest BCUT2D eigenvalue weighted by Gasteiger charge is 2.48. The maximum absolute atomic E-state index is 10.5. The largest absolute Gasteiger partial charge is 0.485 e. The van der Waals surface area contributed by atoms with Gasteiger partial charge in [-0.2, -0.15) is 0 Å². The lowest BCUT2D eigenvalue weighted by atomic mass is 9.74. The van der Waals surface area contributed by atoms with Gasteiger partial charge in [0, 0.05) is 10.6 Å². The maximum Gasteiger partial charge on any atom is 0.127 e. The third-order valence-corrected chi connectivity index (χ3v) is 4.98. The van der Waals surface area contributed by atoms with Gasteiger partial charge in [0.2, 0.25) is 0 Å². The van der Waals surface area contributed by atoms with E-state index in [1.54, 1.807) is 6.07 Å². The quantitative estimate of drug-likeness (QED) is 0.769. The van der Waals surface area contributed by atoms with E-state index < -0.39 is 11.7 Å². The molecule has 3 N–H and O–H groups in total. The molecule has 1 aliphatic heterocycles. The van der Waals surface area contributed by atoms with Gasteiger partial charge in [-0.3, -0.25) is 0 Å². The molecule has 1 aromatic carbocycles. The summed E-state index contributed by atoms with van der Waals surface area (Å²) in [6, 6.07) is 3.33. The summed E-state index contributed by atoms with van der Waals surface area (Å²) in [6.07, 6.45) is 4.60. The van der Waals surface area contributed by atoms with E-state index >= 15 is 0 Å². The van der Waals surface area contributed by atoms with Gasteiger partial charge in [0.15, 0.2) is 0 Å². The van der Waals surface area contributed by atoms with E-state index in [2.05, 4.69) is 0 Å². The number of fused-ring (bicyclic) bond motifs is 1. The Hall–Kier alpha value is -0.480. The van der Waals surface area contributed by atoms with Crippen molar-refractivity contribution >= 4 is 24.0 Å². The molecule has 20 heavy (non-hydrogen) atoms. The van der Waals surface area contributed by atoms with E-state index in [0.29, 0.717) is 5.02 Å². The summed E-state index contributed by atoms with van der Waals surface area (Å²) in [5.41, 5.74) is 7.56. The van der Waals surface area contributed by atoms with Crippen molar-refractivity contribution in [2.75, 3.05) is 0 Å². The fourth-order valence-corrected chi connectivity index (χ4v) is 3.52. The maximum atomic E-state index is 10.5. The Balaban J connectivity index is 0.00000147. The molecule has 1 aromatic rings. The van der Waals surface area contributed by atoms with Crippen LogP contribution in [0.15, 0.2) is 12.1 Å². The third kappa shape index (κ3) is 2.41. The van der Waals surface area contributed by atoms with Gasteiger partial charge in [-0.05, 0) is 50.3 Å². The van der Waals surface area contributed by atoms with Crippen LogP contribution in [0.5, 0.6) is 5.75 Å². The SMILES string of the molecule is Cc1cc2c(cc1Cl)C(O)C(N)C1(CCCCC1)O2.Cl. The van der Waals surface area contributed by atoms with Gasteiger partial charge in [-0.1, -0.05) is 18.0 Å². The Morgan fingerprint density at radius 1 is 1.30 bits per heavy atom. The molecule has 1 aliphatic carbocycles. The fourth-order valence-electron chi connectivity index (χ4n) is 3.34. The van der Waals surface area contributed by atoms with E-state index in [1.807, 2.05) is 13.0 Å². The van der Waals surface area contributed by atoms with Crippen LogP contribution in [0.1, 0.15) is 49.3 Å². The predicted octanol–water partition coefficient (Wildman–Crippen LogP) is 3.53. The van der Waals surface area contributed by atoms with Crippen LogP contribution in [0.2, 0.25) is 5.02 Å². The number of benzene rings is 1. The Morgan fingerprint density at radius 3 is 2.60 bits per heavy atom. The summed E-state index contributed by atoms with van der Waals surface area (Å²) in [5.74, 6) is 0.748. The van der Waals surface area contributed by atoms with Crippen molar-refractivity contribution in [3.05, 3.63) is 28.3 Å². The number of hydrogen-bond donors (Lipinski definition) is 2. The van der Waals surface area contributed by atoms with Gasteiger partial charge in [-0.15, -0.1) is 12.4 Å². The van der Waals surface area contributed by atoms with Crippen LogP contribution in [0.3, 0.4) is 0 Å². The van der Waals surface area contributed by atoms with Crippen LogP contribution in [0, 0.1) is 6.92 Å². The van der Waals surface area contributed by atoms with Crippen LogP contribution in [-0.2, 0) is 0 Å². The molecule has 2 atom stereocenters. The first kappa shape index (κ1) is 15.9. The third-order valence-electron chi connectivity index (χ3n) is 4.57. The number of ether oxygens (including phenoxy) is 1. The lowest BCUT2D eigenvalue weighted by Gasteiger charge is -2.47. The summed E-state index contributed by atoms with van der Waals surface area (Å²) < 4.78 is 6.24. The molecule has 1 saturated carbocycles. The van der Waals surface area contributed by atoms with Crippen LogP contribution >= 0.6 is 24.0 Å². The summed E-state index contributed by atoms with van der Waals surface area (Å²) in [5, 5.41) is 11.1. The Kier molecular flexibility index (Phi) is 4.55. The summed E-state index contributed by atoms with van der Waals surface area (Å²) in [6.45, 7) is 1.94. The Morgan fingerprint density at radius 2 is 1.95 bits per heavy atom. The molecule has 1 fully saturated rings. The van der Waals surface area contributed by atoms with Crippen molar-refractivity contribution < 1.29 is 9.84 Å². The first-order chi connectivity index (χ1) is 9.03. The molecule has 1 heterocycles. The zero-order chi connectivity index (χ0) is 13.6. The molecule has 0 amide bonds. The van der Waals surface area contributed by atoms with Crippen LogP contribution in [-0.4, -0.2) is 16.7 Å². The molecule has 0 bridgehead atoms. The fraction of sp³-hybridized carbons (Fsp3) is 0.600. The van der Waals surface area contributed by atoms with Gasteiger partial charge >= 0.3 is 0 Å². The number of nitrogens with two attached hydrogens (primary N) is 1. The molecule has 5 heteroatoms. The standard InChI is InChI=1S/C15H20ClNO2.ClH/c1-9-7-12-10(8-11(9)16)13(18)14(17)15(19-12)5-3-2-4-6-15;/h7-8,13-14,18H,2-6,17H2,1H3;1H. The highest BCUT2D eigenvalue weighted by molar-refractivity contribution is 6.31. The molecule has 0 saturated heterocycles. The molecule has 0 radical (unpaired) electrons. The average molecular weight is 318 g/mol. The molecule has 3 rings (SSSR count). The molecule has 0 aromatic heterocycles. The number of rotatable bonds is 0. The predicted molar refractivity (Wildman–Crippen MR) is 82.8 cm³/mol. The highest BCUT2D eigenvalue weighted by Crippen LogP contribution is 2.46. The molecular weight excluding hydrogens is 297 g/mol. The highest BCUT2D eigenvalue weighted by atomic mass is 35.5. The molecule has 3 nitrogen and oxygen atoms in total. The molecular formula is C15H21Cl2NO2. The van der Waals surface area contributed by atoms with Crippen molar-refractivity contribution in [2.45, 2.75) is 56.8 Å². The van der Waals surface area contributed by atoms with Crippen molar-refractivity contribution in [3.63, 3.8) is 0 Å². The van der Waals surface area contributed by atoms with Gasteiger partial charge in [0.25, 0.3) is 0 Å². The van der Waals surface area contributed by atoms with E-state index in [4.69, 9.17) is 22.1 Å². The van der Waals surface area contributed by atoms with Crippen LogP contribution in [0.25, 0.3) is 0 Å². The van der Waals surface area contributed by atoms with E-state index in [1.165, 1.54) is 6.42 Å². The molecule has 2 unspecified atom stereocenters. The van der Waals surface area contributed by atoms with Crippen molar-refractivity contribution in [2.24, 2.45) is 5.73 Å². The topological polar surface area (TPSA) is 55.5 Å². The molecule has 112 valence electrons. The minimum Gasteiger partial charge on any atom is -0.485 e. The van der Waals surface area contributed by atoms with Gasteiger partial charge in [0.05, 0.1) is 6.04 Å². The first-order valence-electron chi connectivity index (χ1n) is 6.96. The zero-order valence-corrected chi connectivity index (χ0v) is 13.1. The average Bonchev–Trinajstić information content (AvgIpc) is 2.40. The second-order valence-corrected chi connectivity index (χ2v) is 6.24. The first-order valence-corrected chi connectivity index (χ1v) is 7.34. The second-order valence-electron chi connectivity index (χ2n) is 5.84. The van der Waals surface area contributed by atoms with Crippen molar-refractivity contribution in [1.29, 1.82) is 0 Å². The smallest absolute Gasteiger partial charge is 0.127 e. The van der Waals surface area contributed by atoms with E-state index in [9.17, 15) is 5.11 Å². The van der Waals surface area contributed by atoms with E-state index in [0.717, 1.165) is 42.6 Å². The van der Waals surface area contributed by atoms with Crippen molar-refractivity contribution in [3.8, 4) is 5.75 Å². The van der Waals surface area contributed by atoms with Crippen LogP contribution < -0.4 is 10.5 Å². The number of halogens is 2. The minimum absolute atomic E-state index is 0. The number of hydrogen-bond acceptors (Lipinski definition) is 3. The monoisotopic (exact) mass is 317 g/mol. The zero-order valence-electron chi connectivity index (χ0n) is 11.6. The normalized spacial score (nSPS) is 27.4. The van der Waals surface area contributed by atoms with Crippen LogP contribution in [0.4, 0.5) is 0 Å². The van der Waals surface area contributed by atoms with E-state index in [-0.39, 0.29) is 18.4 Å². The number of aliphatic hydroxyl groups excluding tert-OH is 1. The lowest BCUT2D eigenvalue weighted by Crippen LogP contribution is -2.58. The summed E-state index contributed by atoms with van der Waals surface area (Å²) in [4.78, 5) is 0. The minimum atomic E-state index is -0.694. The van der Waals surface area contributed by atoms with Crippen molar-refractivity contribution in [1.82, 2.24) is 0 Å². The molecule has 1 spiro atoms. The second kappa shape index (κ2) is 5.72. The lowest BCUT2D eigenvalue weighted by molar-refractivity contribution is -0.0582. The molecule has 2 aliphatic rings. The van der Waals surface area contributed by atoms with Gasteiger partial charge in [-0.25, -0.2) is 0 Å². The summed E-state index contributed by atoms with van der Waals surface area (Å²) in [7, 11) is 0. The Bertz CT molecular complexity index is 501. The number of aryl methyl sites for hydroxylation is 1. The van der Waals surface area contributed by atoms with Gasteiger partial charge < -0.3 is 15.6 Å².